The number of anilines is 1. The quantitative estimate of drug-likeness (QED) is 0.230. The van der Waals surface area contributed by atoms with Gasteiger partial charge in [0.1, 0.15) is 22.8 Å². The third-order valence-corrected chi connectivity index (χ3v) is 7.69. The number of carbonyl (C=O) groups is 2. The Morgan fingerprint density at radius 2 is 1.18 bits per heavy atom. The highest BCUT2D eigenvalue weighted by Crippen LogP contribution is 2.24. The van der Waals surface area contributed by atoms with Crippen LogP contribution in [0.2, 0.25) is 0 Å². The minimum absolute atomic E-state index is 0. The fraction of sp³-hybridized carbons (Fsp3) is 0.548. The molecule has 13 heteroatoms. The van der Waals surface area contributed by atoms with Gasteiger partial charge in [-0.05, 0) is 101 Å². The van der Waals surface area contributed by atoms with Crippen LogP contribution in [0.3, 0.4) is 0 Å². The molecule has 0 unspecified atom stereocenters. The normalized spacial score (nSPS) is 15.1. The van der Waals surface area contributed by atoms with Crippen molar-refractivity contribution >= 4 is 72.3 Å². The number of benzene rings is 2. The summed E-state index contributed by atoms with van der Waals surface area (Å²) in [5.74, 6) is -0.430. The van der Waals surface area contributed by atoms with Crippen LogP contribution in [-0.4, -0.2) is 85.5 Å². The number of carbonyl (C=O) groups excluding carboxylic acids is 2. The van der Waals surface area contributed by atoms with Gasteiger partial charge in [-0.15, -0.1) is 0 Å². The molecule has 0 aliphatic carbocycles. The van der Waals surface area contributed by atoms with E-state index in [0.29, 0.717) is 35.4 Å². The van der Waals surface area contributed by atoms with E-state index in [0.717, 1.165) is 35.1 Å². The average molecular weight is 862 g/mol. The molecule has 2 fully saturated rings. The number of hydrogen-bond donors (Lipinski definition) is 1. The molecular formula is C31H45Br2F2IN4O4. The van der Waals surface area contributed by atoms with Crippen LogP contribution in [0.4, 0.5) is 24.1 Å². The summed E-state index contributed by atoms with van der Waals surface area (Å²) < 4.78 is 39.2. The largest absolute Gasteiger partial charge is 0.444 e. The molecule has 2 aromatic rings. The average Bonchev–Trinajstić information content (AvgIpc) is 2.90. The second-order valence-electron chi connectivity index (χ2n) is 11.8. The first-order valence-corrected chi connectivity index (χ1v) is 16.6. The number of halogens is 5. The van der Waals surface area contributed by atoms with Gasteiger partial charge in [0.05, 0.1) is 5.69 Å². The van der Waals surface area contributed by atoms with Gasteiger partial charge in [0, 0.05) is 64.9 Å². The van der Waals surface area contributed by atoms with Gasteiger partial charge >= 0.3 is 12.2 Å². The molecule has 0 bridgehead atoms. The van der Waals surface area contributed by atoms with E-state index in [4.69, 9.17) is 9.47 Å². The highest BCUT2D eigenvalue weighted by Gasteiger charge is 2.27. The fourth-order valence-corrected chi connectivity index (χ4v) is 4.84. The molecule has 0 atom stereocenters. The maximum atomic E-state index is 13.9. The molecule has 8 nitrogen and oxygen atoms in total. The third-order valence-electron chi connectivity index (χ3n) is 5.83. The van der Waals surface area contributed by atoms with Crippen molar-refractivity contribution < 1.29 is 27.8 Å². The topological polar surface area (TPSA) is 74.4 Å². The standard InChI is InChI=1S/C15H20BrFN2O2.C9H18N2O2.C6H3BrFI.CH4/c1-15(2,3)21-14(20)19-8-6-18(7-9-19)13-5-4-11(16)10-12(13)17;1-9(2,3)13-8(12)11-6-4-10-5-7-11;7-4-1-2-6(9)5(8)3-4;/h4-5,10H,6-9H2,1-3H3;10H,4-7H2,1-3H3;1-3H;1H4. The molecule has 0 radical (unpaired) electrons. The maximum absolute atomic E-state index is 13.9. The van der Waals surface area contributed by atoms with Crippen molar-refractivity contribution in [2.45, 2.75) is 60.2 Å². The van der Waals surface area contributed by atoms with E-state index in [1.54, 1.807) is 21.9 Å². The van der Waals surface area contributed by atoms with Crippen molar-refractivity contribution in [2.24, 2.45) is 0 Å². The van der Waals surface area contributed by atoms with Gasteiger partial charge in [-0.3, -0.25) is 0 Å². The summed E-state index contributed by atoms with van der Waals surface area (Å²) in [5, 5.41) is 3.18. The Bertz CT molecular complexity index is 1210. The number of ether oxygens (including phenoxy) is 2. The molecule has 0 aromatic heterocycles. The monoisotopic (exact) mass is 860 g/mol. The molecule has 2 aliphatic heterocycles. The zero-order valence-corrected chi connectivity index (χ0v) is 30.8. The summed E-state index contributed by atoms with van der Waals surface area (Å²) in [4.78, 5) is 28.8. The summed E-state index contributed by atoms with van der Waals surface area (Å²) in [5.41, 5.74) is -0.310. The van der Waals surface area contributed by atoms with E-state index in [2.05, 4.69) is 37.2 Å². The number of nitrogens with zero attached hydrogens (tertiary/aromatic N) is 3. The zero-order chi connectivity index (χ0) is 32.4. The van der Waals surface area contributed by atoms with Crippen LogP contribution >= 0.6 is 54.5 Å². The molecule has 0 spiro atoms. The Hall–Kier alpha value is -1.71. The number of rotatable bonds is 1. The maximum Gasteiger partial charge on any atom is 0.410 e. The van der Waals surface area contributed by atoms with E-state index < -0.39 is 5.60 Å². The lowest BCUT2D eigenvalue weighted by Crippen LogP contribution is -2.50. The molecule has 2 heterocycles. The summed E-state index contributed by atoms with van der Waals surface area (Å²) in [6.45, 7) is 16.6. The molecule has 2 saturated heterocycles. The third kappa shape index (κ3) is 15.0. The minimum atomic E-state index is -0.494. The smallest absolute Gasteiger partial charge is 0.410 e. The van der Waals surface area contributed by atoms with Crippen molar-refractivity contribution in [3.8, 4) is 0 Å². The molecular weight excluding hydrogens is 817 g/mol. The summed E-state index contributed by atoms with van der Waals surface area (Å²) in [6.07, 6.45) is -0.507. The van der Waals surface area contributed by atoms with Crippen LogP contribution in [0, 0.1) is 15.2 Å². The molecule has 1 N–H and O–H groups in total. The van der Waals surface area contributed by atoms with Crippen LogP contribution in [0.15, 0.2) is 45.3 Å². The molecule has 0 saturated carbocycles. The van der Waals surface area contributed by atoms with Crippen molar-refractivity contribution in [2.75, 3.05) is 57.3 Å². The highest BCUT2D eigenvalue weighted by molar-refractivity contribution is 14.1. The van der Waals surface area contributed by atoms with Crippen molar-refractivity contribution in [3.63, 3.8) is 0 Å². The van der Waals surface area contributed by atoms with Crippen molar-refractivity contribution in [1.82, 2.24) is 15.1 Å². The number of piperazine rings is 2. The molecule has 2 aliphatic rings. The highest BCUT2D eigenvalue weighted by atomic mass is 127. The van der Waals surface area contributed by atoms with Gasteiger partial charge in [-0.2, -0.15) is 0 Å². The minimum Gasteiger partial charge on any atom is -0.444 e. The van der Waals surface area contributed by atoms with E-state index in [1.807, 2.05) is 81.2 Å². The molecule has 44 heavy (non-hydrogen) atoms. The molecule has 4 rings (SSSR count). The Morgan fingerprint density at radius 3 is 1.59 bits per heavy atom. The number of hydrogen-bond acceptors (Lipinski definition) is 6. The van der Waals surface area contributed by atoms with Crippen LogP contribution in [-0.2, 0) is 9.47 Å². The molecule has 248 valence electrons. The van der Waals surface area contributed by atoms with E-state index >= 15 is 0 Å². The fourth-order valence-electron chi connectivity index (χ4n) is 3.84. The van der Waals surface area contributed by atoms with E-state index in [9.17, 15) is 18.4 Å². The van der Waals surface area contributed by atoms with Crippen molar-refractivity contribution in [3.05, 3.63) is 60.5 Å². The second-order valence-corrected chi connectivity index (χ2v) is 14.8. The van der Waals surface area contributed by atoms with Gasteiger partial charge in [0.25, 0.3) is 0 Å². The van der Waals surface area contributed by atoms with Crippen LogP contribution in [0.25, 0.3) is 0 Å². The predicted octanol–water partition coefficient (Wildman–Crippen LogP) is 8.30. The zero-order valence-electron chi connectivity index (χ0n) is 25.5. The first kappa shape index (κ1) is 40.3. The first-order valence-electron chi connectivity index (χ1n) is 13.9. The first-order chi connectivity index (χ1) is 19.9. The van der Waals surface area contributed by atoms with E-state index in [1.165, 1.54) is 12.1 Å². The van der Waals surface area contributed by atoms with E-state index in [-0.39, 0.29) is 36.8 Å². The van der Waals surface area contributed by atoms with Crippen LogP contribution < -0.4 is 10.2 Å². The molecule has 2 aromatic carbocycles. The lowest BCUT2D eigenvalue weighted by Gasteiger charge is -2.36. The second kappa shape index (κ2) is 18.4. The SMILES string of the molecule is C.CC(C)(C)OC(=O)N1CCN(c2ccc(Br)cc2F)CC1.CC(C)(C)OC(=O)N1CCNCC1.Fc1cc(Br)ccc1I. The number of nitrogens with one attached hydrogen (secondary N) is 1. The lowest BCUT2D eigenvalue weighted by atomic mass is 10.2. The van der Waals surface area contributed by atoms with Crippen LogP contribution in [0.1, 0.15) is 49.0 Å². The van der Waals surface area contributed by atoms with Gasteiger partial charge in [0.2, 0.25) is 0 Å². The Labute approximate surface area is 291 Å². The van der Waals surface area contributed by atoms with Gasteiger partial charge in [-0.1, -0.05) is 39.3 Å². The van der Waals surface area contributed by atoms with Crippen molar-refractivity contribution in [1.29, 1.82) is 0 Å². The number of amides is 2. The van der Waals surface area contributed by atoms with Crippen LogP contribution in [0.5, 0.6) is 0 Å². The Balaban J connectivity index is 0.000000359. The predicted molar refractivity (Wildman–Crippen MR) is 188 cm³/mol. The summed E-state index contributed by atoms with van der Waals surface area (Å²) in [6, 6.07) is 10.0. The van der Waals surface area contributed by atoms with Gasteiger partial charge in [-0.25, -0.2) is 18.4 Å². The Kier molecular flexibility index (Phi) is 16.9. The Morgan fingerprint density at radius 1 is 0.750 bits per heavy atom. The molecule has 2 amide bonds. The lowest BCUT2D eigenvalue weighted by molar-refractivity contribution is 0.0223. The summed E-state index contributed by atoms with van der Waals surface area (Å²) >= 11 is 8.35. The van der Waals surface area contributed by atoms with Gasteiger partial charge in [0.15, 0.2) is 0 Å². The van der Waals surface area contributed by atoms with Gasteiger partial charge < -0.3 is 29.5 Å². The summed E-state index contributed by atoms with van der Waals surface area (Å²) in [7, 11) is 0.